The summed E-state index contributed by atoms with van der Waals surface area (Å²) in [6.07, 6.45) is 0. The van der Waals surface area contributed by atoms with Crippen LogP contribution in [-0.2, 0) is 13.3 Å². The van der Waals surface area contributed by atoms with E-state index in [1.54, 1.807) is 0 Å². The Kier molecular flexibility index (Phi) is 4.22. The first-order valence-electron chi connectivity index (χ1n) is 9.83. The van der Waals surface area contributed by atoms with E-state index in [1.165, 1.54) is 0 Å². The molecule has 3 aromatic rings. The summed E-state index contributed by atoms with van der Waals surface area (Å²) in [4.78, 5) is 0. The standard InChI is InChI=1S/C23H23O5PSi/c1-30(2,3)28-29(24-20-16-10-11-17-21(20)25-29)26-22(18-12-6-4-7-13-18)23(27-29)19-14-8-5-9-15-19/h4-17H,1-3H3. The quantitative estimate of drug-likeness (QED) is 0.324. The fourth-order valence-corrected chi connectivity index (χ4v) is 9.80. The molecule has 0 fully saturated rings. The maximum absolute atomic E-state index is 6.57. The first-order chi connectivity index (χ1) is 14.4. The third-order valence-corrected chi connectivity index (χ3v) is 9.86. The molecule has 0 amide bonds. The van der Waals surface area contributed by atoms with E-state index in [1.807, 2.05) is 84.9 Å². The SMILES string of the molecule is C[Si](C)(C)OP12(OC(c3ccccc3)=C(c3ccccc3)O1)Oc1ccccc1O2. The Labute approximate surface area is 177 Å². The Morgan fingerprint density at radius 3 is 1.37 bits per heavy atom. The zero-order valence-electron chi connectivity index (χ0n) is 17.1. The molecule has 0 atom stereocenters. The Morgan fingerprint density at radius 1 is 0.567 bits per heavy atom. The van der Waals surface area contributed by atoms with Crippen molar-refractivity contribution in [3.8, 4) is 11.5 Å². The van der Waals surface area contributed by atoms with Gasteiger partial charge in [-0.15, -0.1) is 0 Å². The second-order valence-electron chi connectivity index (χ2n) is 8.15. The van der Waals surface area contributed by atoms with Crippen molar-refractivity contribution in [3.05, 3.63) is 96.1 Å². The number of para-hydroxylation sites is 2. The van der Waals surface area contributed by atoms with Gasteiger partial charge in [-0.1, -0.05) is 0 Å². The maximum atomic E-state index is 6.57. The van der Waals surface area contributed by atoms with Crippen LogP contribution in [0.25, 0.3) is 11.5 Å². The summed E-state index contributed by atoms with van der Waals surface area (Å²) < 4.78 is 32.4. The fraction of sp³-hybridized carbons (Fsp3) is 0.130. The molecule has 1 spiro atoms. The normalized spacial score (nSPS) is 19.6. The Balaban J connectivity index is 1.68. The summed E-state index contributed by atoms with van der Waals surface area (Å²) in [5, 5.41) is 0. The van der Waals surface area contributed by atoms with Crippen LogP contribution in [0.2, 0.25) is 19.6 Å². The van der Waals surface area contributed by atoms with Crippen LogP contribution in [0.5, 0.6) is 11.5 Å². The molecule has 0 bridgehead atoms. The molecule has 0 aromatic heterocycles. The monoisotopic (exact) mass is 438 g/mol. The molecule has 5 nitrogen and oxygen atoms in total. The van der Waals surface area contributed by atoms with E-state index in [9.17, 15) is 0 Å². The van der Waals surface area contributed by atoms with Gasteiger partial charge in [-0.05, 0) is 0 Å². The van der Waals surface area contributed by atoms with Crippen LogP contribution in [0.15, 0.2) is 84.9 Å². The van der Waals surface area contributed by atoms with Gasteiger partial charge in [0.25, 0.3) is 0 Å². The summed E-state index contributed by atoms with van der Waals surface area (Å²) in [7, 11) is -6.71. The first-order valence-corrected chi connectivity index (χ1v) is 15.1. The van der Waals surface area contributed by atoms with Crippen molar-refractivity contribution in [3.63, 3.8) is 0 Å². The van der Waals surface area contributed by atoms with Crippen LogP contribution in [0.4, 0.5) is 0 Å². The van der Waals surface area contributed by atoms with Gasteiger partial charge in [-0.25, -0.2) is 0 Å². The van der Waals surface area contributed by atoms with Gasteiger partial charge >= 0.3 is 177 Å². The Morgan fingerprint density at radius 2 is 0.967 bits per heavy atom. The van der Waals surface area contributed by atoms with Crippen molar-refractivity contribution in [2.75, 3.05) is 0 Å². The van der Waals surface area contributed by atoms with Gasteiger partial charge in [0.05, 0.1) is 0 Å². The molecule has 0 aliphatic carbocycles. The van der Waals surface area contributed by atoms with Crippen molar-refractivity contribution >= 4 is 27.6 Å². The van der Waals surface area contributed by atoms with Crippen LogP contribution in [0, 0.1) is 0 Å². The molecule has 0 N–H and O–H groups in total. The van der Waals surface area contributed by atoms with Crippen molar-refractivity contribution in [1.29, 1.82) is 0 Å². The van der Waals surface area contributed by atoms with Crippen molar-refractivity contribution in [2.45, 2.75) is 19.6 Å². The van der Waals surface area contributed by atoms with Crippen LogP contribution in [0.1, 0.15) is 11.1 Å². The molecule has 0 saturated heterocycles. The minimum absolute atomic E-state index is 0.547. The average molecular weight is 438 g/mol. The summed E-state index contributed by atoms with van der Waals surface area (Å²) in [6.45, 7) is 6.17. The molecule has 0 unspecified atom stereocenters. The van der Waals surface area contributed by atoms with E-state index in [2.05, 4.69) is 19.6 Å². The number of fused-ring (bicyclic) bond motifs is 1. The summed E-state index contributed by atoms with van der Waals surface area (Å²) in [5.74, 6) is 2.20. The Hall–Kier alpha value is -2.79. The zero-order chi connectivity index (χ0) is 20.8. The fourth-order valence-electron chi connectivity index (χ4n) is 3.48. The predicted molar refractivity (Wildman–Crippen MR) is 121 cm³/mol. The molecule has 154 valence electrons. The zero-order valence-corrected chi connectivity index (χ0v) is 19.0. The van der Waals surface area contributed by atoms with Crippen molar-refractivity contribution in [1.82, 2.24) is 0 Å². The minimum atomic E-state index is -4.47. The molecule has 2 aliphatic heterocycles. The van der Waals surface area contributed by atoms with E-state index in [0.717, 1.165) is 11.1 Å². The van der Waals surface area contributed by atoms with E-state index in [-0.39, 0.29) is 0 Å². The first kappa shape index (κ1) is 19.2. The molecule has 3 aromatic carbocycles. The predicted octanol–water partition coefficient (Wildman–Crippen LogP) is 7.01. The molecule has 0 radical (unpaired) electrons. The number of rotatable bonds is 4. The number of hydrogen-bond donors (Lipinski definition) is 0. The van der Waals surface area contributed by atoms with Crippen LogP contribution < -0.4 is 9.05 Å². The molecule has 30 heavy (non-hydrogen) atoms. The van der Waals surface area contributed by atoms with Gasteiger partial charge in [0.15, 0.2) is 0 Å². The number of benzene rings is 3. The second kappa shape index (κ2) is 6.61. The third-order valence-electron chi connectivity index (χ3n) is 4.53. The van der Waals surface area contributed by atoms with Gasteiger partial charge in [0.1, 0.15) is 0 Å². The molecular weight excluding hydrogens is 415 g/mol. The number of hydrogen-bond acceptors (Lipinski definition) is 5. The van der Waals surface area contributed by atoms with Crippen LogP contribution in [-0.4, -0.2) is 8.32 Å². The molecule has 2 heterocycles. The van der Waals surface area contributed by atoms with Crippen molar-refractivity contribution < 1.29 is 22.3 Å². The molecular formula is C23H23O5PSi. The molecule has 7 heteroatoms. The van der Waals surface area contributed by atoms with Gasteiger partial charge in [0.2, 0.25) is 0 Å². The molecule has 2 aliphatic rings. The van der Waals surface area contributed by atoms with Gasteiger partial charge in [0, 0.05) is 0 Å². The topological polar surface area (TPSA) is 46.2 Å². The van der Waals surface area contributed by atoms with Crippen LogP contribution >= 0.6 is 7.74 Å². The van der Waals surface area contributed by atoms with E-state index in [4.69, 9.17) is 22.3 Å². The Bertz CT molecular complexity index is 1040. The van der Waals surface area contributed by atoms with Gasteiger partial charge in [-0.2, -0.15) is 0 Å². The summed E-state index contributed by atoms with van der Waals surface area (Å²) >= 11 is 0. The van der Waals surface area contributed by atoms with E-state index >= 15 is 0 Å². The average Bonchev–Trinajstić information content (AvgIpc) is 3.22. The third kappa shape index (κ3) is 3.27. The van der Waals surface area contributed by atoms with E-state index < -0.39 is 16.1 Å². The summed E-state index contributed by atoms with van der Waals surface area (Å²) in [5.41, 5.74) is 1.72. The second-order valence-corrected chi connectivity index (χ2v) is 15.3. The van der Waals surface area contributed by atoms with Crippen molar-refractivity contribution in [2.24, 2.45) is 0 Å². The van der Waals surface area contributed by atoms with E-state index in [0.29, 0.717) is 23.0 Å². The van der Waals surface area contributed by atoms with Gasteiger partial charge in [-0.3, -0.25) is 0 Å². The summed E-state index contributed by atoms with van der Waals surface area (Å²) in [6, 6.07) is 27.1. The molecule has 5 rings (SSSR count). The van der Waals surface area contributed by atoms with Crippen LogP contribution in [0.3, 0.4) is 0 Å². The molecule has 0 saturated carbocycles. The van der Waals surface area contributed by atoms with Gasteiger partial charge < -0.3 is 0 Å².